The first-order valence-corrected chi connectivity index (χ1v) is 11.8. The van der Waals surface area contributed by atoms with Gasteiger partial charge in [-0.2, -0.15) is 4.68 Å². The number of halogens is 1. The highest BCUT2D eigenvalue weighted by atomic mass is 35.5. The summed E-state index contributed by atoms with van der Waals surface area (Å²) in [6.07, 6.45) is -1.20. The van der Waals surface area contributed by atoms with E-state index >= 15 is 0 Å². The van der Waals surface area contributed by atoms with Crippen LogP contribution in [0.15, 0.2) is 57.0 Å². The normalized spacial score (nSPS) is 12.6. The third-order valence-corrected chi connectivity index (χ3v) is 5.71. The van der Waals surface area contributed by atoms with Gasteiger partial charge in [0, 0.05) is 12.1 Å². The summed E-state index contributed by atoms with van der Waals surface area (Å²) < 4.78 is 18.4. The molecule has 2 N–H and O–H groups in total. The number of carbonyl (C=O) groups is 1. The minimum Gasteiger partial charge on any atom is -0.491 e. The van der Waals surface area contributed by atoms with Crippen LogP contribution in [0, 0.1) is 6.92 Å². The standard InChI is InChI=1S/C25H30ClN5O6/c1-15(2)37-20-11-10-19(12-16(20)3)28-23-29(13-17-6-8-18(26)9-7-17)24(33)30(25(34)31(23)27)14-21(35-4)22(32)36-5/h6-12,15,21H,13-14,27H2,1-5H3/t21-/m0/s1. The first-order chi connectivity index (χ1) is 17.5. The summed E-state index contributed by atoms with van der Waals surface area (Å²) in [6, 6.07) is 12.1. The summed E-state index contributed by atoms with van der Waals surface area (Å²) in [5.41, 5.74) is 0.283. The number of carbonyl (C=O) groups excluding carboxylic acids is 1. The monoisotopic (exact) mass is 531 g/mol. The third kappa shape index (κ3) is 6.49. The SMILES string of the molecule is COC(=O)[C@H](Cn1c(=O)n(N)c(=Nc2ccc(OC(C)C)c(C)c2)n(Cc2ccc(Cl)cc2)c1=O)OC. The van der Waals surface area contributed by atoms with Gasteiger partial charge < -0.3 is 20.1 Å². The second-order valence-electron chi connectivity index (χ2n) is 8.53. The largest absolute Gasteiger partial charge is 0.491 e. The number of methoxy groups -OCH3 is 2. The van der Waals surface area contributed by atoms with E-state index in [0.717, 1.165) is 14.8 Å². The number of nitrogens with two attached hydrogens (primary N) is 1. The zero-order valence-electron chi connectivity index (χ0n) is 21.3. The predicted molar refractivity (Wildman–Crippen MR) is 139 cm³/mol. The highest BCUT2D eigenvalue weighted by Crippen LogP contribution is 2.24. The molecule has 3 aromatic rings. The van der Waals surface area contributed by atoms with Crippen LogP contribution in [0.4, 0.5) is 5.69 Å². The molecule has 0 amide bonds. The van der Waals surface area contributed by atoms with Crippen molar-refractivity contribution in [2.75, 3.05) is 20.1 Å². The van der Waals surface area contributed by atoms with Crippen LogP contribution in [0.5, 0.6) is 5.75 Å². The second kappa shape index (κ2) is 11.9. The zero-order valence-corrected chi connectivity index (χ0v) is 22.1. The molecule has 11 nitrogen and oxygen atoms in total. The number of nitrogen functional groups attached to an aromatic ring is 1. The maximum atomic E-state index is 13.6. The molecule has 0 radical (unpaired) electrons. The molecule has 0 bridgehead atoms. The number of rotatable bonds is 9. The predicted octanol–water partition coefficient (Wildman–Crippen LogP) is 1.74. The van der Waals surface area contributed by atoms with Crippen molar-refractivity contribution in [2.45, 2.75) is 46.1 Å². The van der Waals surface area contributed by atoms with Crippen molar-refractivity contribution in [3.63, 3.8) is 0 Å². The van der Waals surface area contributed by atoms with Gasteiger partial charge in [0.25, 0.3) is 0 Å². The Morgan fingerprint density at radius 2 is 1.73 bits per heavy atom. The number of hydrogen-bond acceptors (Lipinski definition) is 8. The van der Waals surface area contributed by atoms with Gasteiger partial charge >= 0.3 is 17.3 Å². The average molecular weight is 532 g/mol. The van der Waals surface area contributed by atoms with E-state index in [1.54, 1.807) is 42.5 Å². The topological polar surface area (TPSA) is 132 Å². The van der Waals surface area contributed by atoms with Gasteiger partial charge in [0.15, 0.2) is 6.10 Å². The number of benzene rings is 2. The number of hydrogen-bond donors (Lipinski definition) is 1. The second-order valence-corrected chi connectivity index (χ2v) is 8.97. The zero-order chi connectivity index (χ0) is 27.3. The lowest BCUT2D eigenvalue weighted by atomic mass is 10.2. The Bertz CT molecular complexity index is 1460. The Balaban J connectivity index is 2.23. The highest BCUT2D eigenvalue weighted by molar-refractivity contribution is 6.30. The molecule has 198 valence electrons. The quantitative estimate of drug-likeness (QED) is 0.328. The average Bonchev–Trinajstić information content (AvgIpc) is 2.87. The molecule has 0 spiro atoms. The minimum absolute atomic E-state index is 0.00856. The van der Waals surface area contributed by atoms with Crippen molar-refractivity contribution < 1.29 is 19.0 Å². The van der Waals surface area contributed by atoms with E-state index in [1.807, 2.05) is 20.8 Å². The van der Waals surface area contributed by atoms with Crippen LogP contribution in [-0.2, 0) is 27.4 Å². The third-order valence-electron chi connectivity index (χ3n) is 5.46. The summed E-state index contributed by atoms with van der Waals surface area (Å²) in [5, 5.41) is 0.528. The van der Waals surface area contributed by atoms with Gasteiger partial charge in [-0.3, -0.25) is 4.57 Å². The summed E-state index contributed by atoms with van der Waals surface area (Å²) in [6.45, 7) is 5.33. The van der Waals surface area contributed by atoms with Crippen molar-refractivity contribution in [3.05, 3.63) is 85.2 Å². The van der Waals surface area contributed by atoms with E-state index in [0.29, 0.717) is 22.0 Å². The molecule has 0 saturated carbocycles. The molecular formula is C25H30ClN5O6. The first kappa shape index (κ1) is 27.8. The molecule has 0 aliphatic carbocycles. The molecule has 0 aliphatic heterocycles. The van der Waals surface area contributed by atoms with Gasteiger partial charge in [-0.15, -0.1) is 0 Å². The summed E-state index contributed by atoms with van der Waals surface area (Å²) >= 11 is 6.01. The van der Waals surface area contributed by atoms with Crippen molar-refractivity contribution in [2.24, 2.45) is 4.99 Å². The summed E-state index contributed by atoms with van der Waals surface area (Å²) in [4.78, 5) is 43.3. The summed E-state index contributed by atoms with van der Waals surface area (Å²) in [5.74, 6) is 6.12. The lowest BCUT2D eigenvalue weighted by Crippen LogP contribution is -2.58. The van der Waals surface area contributed by atoms with Gasteiger partial charge in [-0.25, -0.2) is 23.9 Å². The van der Waals surface area contributed by atoms with Crippen LogP contribution >= 0.6 is 11.6 Å². The van der Waals surface area contributed by atoms with E-state index in [9.17, 15) is 14.4 Å². The number of ether oxygens (including phenoxy) is 3. The van der Waals surface area contributed by atoms with Crippen molar-refractivity contribution >= 4 is 23.3 Å². The van der Waals surface area contributed by atoms with E-state index in [-0.39, 0.29) is 18.3 Å². The van der Waals surface area contributed by atoms with Crippen molar-refractivity contribution in [3.8, 4) is 5.75 Å². The maximum absolute atomic E-state index is 13.6. The fourth-order valence-electron chi connectivity index (χ4n) is 3.59. The van der Waals surface area contributed by atoms with Crippen LogP contribution < -0.4 is 27.6 Å². The molecule has 1 heterocycles. The van der Waals surface area contributed by atoms with Crippen LogP contribution in [0.2, 0.25) is 5.02 Å². The Morgan fingerprint density at radius 1 is 1.05 bits per heavy atom. The molecule has 0 fully saturated rings. The smallest absolute Gasteiger partial charge is 0.353 e. The summed E-state index contributed by atoms with van der Waals surface area (Å²) in [7, 11) is 2.45. The Kier molecular flexibility index (Phi) is 8.95. The van der Waals surface area contributed by atoms with E-state index in [4.69, 9.17) is 31.7 Å². The molecule has 0 aliphatic rings. The first-order valence-electron chi connectivity index (χ1n) is 11.4. The van der Waals surface area contributed by atoms with Crippen molar-refractivity contribution in [1.29, 1.82) is 0 Å². The van der Waals surface area contributed by atoms with Gasteiger partial charge in [-0.05, 0) is 62.2 Å². The fourth-order valence-corrected chi connectivity index (χ4v) is 3.71. The Hall–Kier alpha value is -3.83. The van der Waals surface area contributed by atoms with Crippen LogP contribution in [0.25, 0.3) is 0 Å². The number of nitrogens with zero attached hydrogens (tertiary/aromatic N) is 4. The lowest BCUT2D eigenvalue weighted by molar-refractivity contribution is -0.153. The number of aryl methyl sites for hydroxylation is 1. The van der Waals surface area contributed by atoms with E-state index in [2.05, 4.69) is 4.99 Å². The van der Waals surface area contributed by atoms with E-state index in [1.165, 1.54) is 18.8 Å². The molecule has 2 aromatic carbocycles. The number of esters is 1. The van der Waals surface area contributed by atoms with Crippen molar-refractivity contribution in [1.82, 2.24) is 13.8 Å². The molecule has 0 unspecified atom stereocenters. The van der Waals surface area contributed by atoms with Crippen LogP contribution in [0.1, 0.15) is 25.0 Å². The van der Waals surface area contributed by atoms with Gasteiger partial charge in [0.2, 0.25) is 5.62 Å². The highest BCUT2D eigenvalue weighted by Gasteiger charge is 2.23. The Labute approximate surface area is 218 Å². The minimum atomic E-state index is -1.20. The van der Waals surface area contributed by atoms with Gasteiger partial charge in [0.05, 0.1) is 32.0 Å². The lowest BCUT2D eigenvalue weighted by Gasteiger charge is -2.17. The molecule has 3 rings (SSSR count). The molecule has 37 heavy (non-hydrogen) atoms. The molecule has 0 saturated heterocycles. The maximum Gasteiger partial charge on any atom is 0.353 e. The molecule has 12 heteroatoms. The van der Waals surface area contributed by atoms with Crippen LogP contribution in [-0.4, -0.2) is 46.2 Å². The van der Waals surface area contributed by atoms with E-state index < -0.39 is 30.0 Å². The van der Waals surface area contributed by atoms with Gasteiger partial charge in [-0.1, -0.05) is 23.7 Å². The van der Waals surface area contributed by atoms with Crippen LogP contribution in [0.3, 0.4) is 0 Å². The molecule has 1 aromatic heterocycles. The number of aromatic nitrogens is 3. The molecular weight excluding hydrogens is 502 g/mol. The fraction of sp³-hybridized carbons (Fsp3) is 0.360. The Morgan fingerprint density at radius 3 is 2.30 bits per heavy atom. The van der Waals surface area contributed by atoms with Gasteiger partial charge in [0.1, 0.15) is 5.75 Å². The molecule has 1 atom stereocenters.